The zero-order valence-corrected chi connectivity index (χ0v) is 10.7. The van der Waals surface area contributed by atoms with Crippen molar-refractivity contribution in [2.24, 2.45) is 10.9 Å². The first kappa shape index (κ1) is 15.8. The molecular weight excluding hydrogens is 275 g/mol. The maximum absolute atomic E-state index is 12.1. The summed E-state index contributed by atoms with van der Waals surface area (Å²) in [6.45, 7) is -1.28. The van der Waals surface area contributed by atoms with Crippen molar-refractivity contribution in [3.63, 3.8) is 0 Å². The molecule has 0 aromatic heterocycles. The second-order valence-electron chi connectivity index (χ2n) is 4.22. The number of amidine groups is 1. The first-order chi connectivity index (χ1) is 9.23. The summed E-state index contributed by atoms with van der Waals surface area (Å²) in [6, 6.07) is 6.10. The van der Waals surface area contributed by atoms with Gasteiger partial charge >= 0.3 is 6.18 Å². The van der Waals surface area contributed by atoms with Crippen molar-refractivity contribution in [3.05, 3.63) is 35.4 Å². The third-order valence-electron chi connectivity index (χ3n) is 2.55. The van der Waals surface area contributed by atoms with Crippen molar-refractivity contribution in [2.45, 2.75) is 12.6 Å². The van der Waals surface area contributed by atoms with Crippen LogP contribution in [-0.4, -0.2) is 41.6 Å². The molecule has 0 aliphatic rings. The van der Waals surface area contributed by atoms with E-state index < -0.39 is 18.6 Å². The van der Waals surface area contributed by atoms with Gasteiger partial charge in [-0.25, -0.2) is 0 Å². The van der Waals surface area contributed by atoms with Gasteiger partial charge in [0.2, 0.25) is 5.91 Å². The van der Waals surface area contributed by atoms with Gasteiger partial charge in [-0.3, -0.25) is 4.79 Å². The van der Waals surface area contributed by atoms with Crippen molar-refractivity contribution in [3.8, 4) is 0 Å². The molecule has 0 aliphatic carbocycles. The van der Waals surface area contributed by atoms with E-state index in [0.717, 1.165) is 7.05 Å². The molecule has 20 heavy (non-hydrogen) atoms. The molecule has 0 heterocycles. The first-order valence-corrected chi connectivity index (χ1v) is 5.60. The van der Waals surface area contributed by atoms with E-state index in [2.05, 4.69) is 5.16 Å². The Kier molecular flexibility index (Phi) is 4.95. The number of nitrogens with zero attached hydrogens (tertiary/aromatic N) is 2. The second kappa shape index (κ2) is 6.27. The zero-order chi connectivity index (χ0) is 15.3. The molecule has 0 unspecified atom stereocenters. The van der Waals surface area contributed by atoms with Crippen LogP contribution in [0.1, 0.15) is 11.1 Å². The summed E-state index contributed by atoms with van der Waals surface area (Å²) < 4.78 is 36.4. The number of nitrogens with two attached hydrogens (primary N) is 1. The summed E-state index contributed by atoms with van der Waals surface area (Å²) in [7, 11) is 1.10. The van der Waals surface area contributed by atoms with E-state index in [1.807, 2.05) is 0 Å². The van der Waals surface area contributed by atoms with Gasteiger partial charge in [0.25, 0.3) is 0 Å². The molecular formula is C12H14F3N3O2. The minimum atomic E-state index is -4.42. The number of hydrogen-bond donors (Lipinski definition) is 2. The van der Waals surface area contributed by atoms with Gasteiger partial charge < -0.3 is 15.8 Å². The highest BCUT2D eigenvalue weighted by Gasteiger charge is 2.31. The standard InChI is InChI=1S/C12H14F3N3O2/c1-18(7-12(13,14)15)10(19)6-8-2-4-9(5-3-8)11(16)17-20/h2-5,20H,6-7H2,1H3,(H2,16,17). The van der Waals surface area contributed by atoms with Gasteiger partial charge in [-0.1, -0.05) is 29.4 Å². The quantitative estimate of drug-likeness (QED) is 0.380. The second-order valence-corrected chi connectivity index (χ2v) is 4.22. The van der Waals surface area contributed by atoms with Crippen LogP contribution in [0, 0.1) is 0 Å². The highest BCUT2D eigenvalue weighted by Crippen LogP contribution is 2.16. The van der Waals surface area contributed by atoms with Crippen molar-refractivity contribution in [1.29, 1.82) is 0 Å². The third-order valence-corrected chi connectivity index (χ3v) is 2.55. The van der Waals surface area contributed by atoms with Crippen molar-refractivity contribution < 1.29 is 23.2 Å². The van der Waals surface area contributed by atoms with E-state index in [1.54, 1.807) is 0 Å². The first-order valence-electron chi connectivity index (χ1n) is 5.60. The molecule has 0 bridgehead atoms. The number of carbonyl (C=O) groups is 1. The topological polar surface area (TPSA) is 78.9 Å². The lowest BCUT2D eigenvalue weighted by atomic mass is 10.1. The Morgan fingerprint density at radius 2 is 1.90 bits per heavy atom. The molecule has 0 atom stereocenters. The van der Waals surface area contributed by atoms with Crippen LogP contribution < -0.4 is 5.73 Å². The lowest BCUT2D eigenvalue weighted by Gasteiger charge is -2.18. The molecule has 110 valence electrons. The fourth-order valence-corrected chi connectivity index (χ4v) is 1.52. The van der Waals surface area contributed by atoms with E-state index in [1.165, 1.54) is 24.3 Å². The van der Waals surface area contributed by atoms with Crippen LogP contribution in [-0.2, 0) is 11.2 Å². The van der Waals surface area contributed by atoms with Crippen LogP contribution in [0.2, 0.25) is 0 Å². The van der Waals surface area contributed by atoms with Crippen LogP contribution in [0.5, 0.6) is 0 Å². The summed E-state index contributed by atoms with van der Waals surface area (Å²) >= 11 is 0. The molecule has 0 fully saturated rings. The van der Waals surface area contributed by atoms with E-state index in [0.29, 0.717) is 16.0 Å². The lowest BCUT2D eigenvalue weighted by molar-refractivity contribution is -0.157. The maximum Gasteiger partial charge on any atom is 0.406 e. The molecule has 0 saturated carbocycles. The lowest BCUT2D eigenvalue weighted by Crippen LogP contribution is -2.36. The maximum atomic E-state index is 12.1. The SMILES string of the molecule is CN(CC(F)(F)F)C(=O)Cc1ccc(C(N)=NO)cc1. The Hall–Kier alpha value is -2.25. The van der Waals surface area contributed by atoms with Gasteiger partial charge in [-0.05, 0) is 5.56 Å². The molecule has 1 amide bonds. The minimum Gasteiger partial charge on any atom is -0.409 e. The molecule has 1 rings (SSSR count). The molecule has 1 aromatic carbocycles. The van der Waals surface area contributed by atoms with E-state index >= 15 is 0 Å². The summed E-state index contributed by atoms with van der Waals surface area (Å²) in [5, 5.41) is 11.3. The van der Waals surface area contributed by atoms with Crippen molar-refractivity contribution in [2.75, 3.05) is 13.6 Å². The van der Waals surface area contributed by atoms with Gasteiger partial charge in [0.05, 0.1) is 6.42 Å². The number of amides is 1. The fourth-order valence-electron chi connectivity index (χ4n) is 1.52. The number of alkyl halides is 3. The number of halogens is 3. The van der Waals surface area contributed by atoms with E-state index in [9.17, 15) is 18.0 Å². The number of hydrogen-bond acceptors (Lipinski definition) is 3. The highest BCUT2D eigenvalue weighted by atomic mass is 19.4. The number of rotatable bonds is 4. The number of likely N-dealkylation sites (N-methyl/N-ethyl adjacent to an activating group) is 1. The van der Waals surface area contributed by atoms with Gasteiger partial charge in [-0.2, -0.15) is 13.2 Å². The van der Waals surface area contributed by atoms with Crippen LogP contribution in [0.4, 0.5) is 13.2 Å². The van der Waals surface area contributed by atoms with Gasteiger partial charge in [-0.15, -0.1) is 0 Å². The Labute approximate surface area is 113 Å². The van der Waals surface area contributed by atoms with E-state index in [-0.39, 0.29) is 12.3 Å². The van der Waals surface area contributed by atoms with Crippen LogP contribution >= 0.6 is 0 Å². The summed E-state index contributed by atoms with van der Waals surface area (Å²) in [4.78, 5) is 12.2. The molecule has 5 nitrogen and oxygen atoms in total. The minimum absolute atomic E-state index is 0.0860. The van der Waals surface area contributed by atoms with Crippen LogP contribution in [0.25, 0.3) is 0 Å². The van der Waals surface area contributed by atoms with E-state index in [4.69, 9.17) is 10.9 Å². The van der Waals surface area contributed by atoms with Gasteiger partial charge in [0.15, 0.2) is 5.84 Å². The smallest absolute Gasteiger partial charge is 0.406 e. The van der Waals surface area contributed by atoms with Crippen LogP contribution in [0.3, 0.4) is 0 Å². The van der Waals surface area contributed by atoms with Crippen molar-refractivity contribution >= 4 is 11.7 Å². The number of oxime groups is 1. The zero-order valence-electron chi connectivity index (χ0n) is 10.7. The van der Waals surface area contributed by atoms with Gasteiger partial charge in [0.1, 0.15) is 6.54 Å². The molecule has 0 spiro atoms. The molecule has 0 saturated heterocycles. The Morgan fingerprint density at radius 1 is 1.35 bits per heavy atom. The summed E-state index contributed by atoms with van der Waals surface area (Å²) in [5.41, 5.74) is 6.35. The average molecular weight is 289 g/mol. The third kappa shape index (κ3) is 4.79. The molecule has 1 aromatic rings. The molecule has 0 aliphatic heterocycles. The number of carbonyl (C=O) groups excluding carboxylic acids is 1. The summed E-state index contributed by atoms with van der Waals surface area (Å²) in [6.07, 6.45) is -4.57. The molecule has 8 heteroatoms. The molecule has 0 radical (unpaired) electrons. The number of benzene rings is 1. The normalized spacial score (nSPS) is 12.3. The Bertz CT molecular complexity index is 498. The summed E-state index contributed by atoms with van der Waals surface area (Å²) in [5.74, 6) is -0.726. The van der Waals surface area contributed by atoms with Crippen molar-refractivity contribution in [1.82, 2.24) is 4.90 Å². The highest BCUT2D eigenvalue weighted by molar-refractivity contribution is 5.97. The average Bonchev–Trinajstić information content (AvgIpc) is 2.36. The largest absolute Gasteiger partial charge is 0.409 e. The predicted molar refractivity (Wildman–Crippen MR) is 66.3 cm³/mol. The predicted octanol–water partition coefficient (Wildman–Crippen LogP) is 1.34. The fraction of sp³-hybridized carbons (Fsp3) is 0.333. The molecule has 3 N–H and O–H groups in total. The Balaban J connectivity index is 2.67. The van der Waals surface area contributed by atoms with Crippen LogP contribution in [0.15, 0.2) is 29.4 Å². The Morgan fingerprint density at radius 3 is 2.35 bits per heavy atom. The monoisotopic (exact) mass is 289 g/mol. The van der Waals surface area contributed by atoms with Gasteiger partial charge in [0, 0.05) is 12.6 Å².